The van der Waals surface area contributed by atoms with Crippen LogP contribution in [-0.4, -0.2) is 30.9 Å². The number of esters is 1. The van der Waals surface area contributed by atoms with Gasteiger partial charge in [0.05, 0.1) is 40.6 Å². The monoisotopic (exact) mass is 584 g/mol. The molecule has 7 nitrogen and oxygen atoms in total. The molecule has 0 saturated carbocycles. The number of aromatic nitrogens is 1. The van der Waals surface area contributed by atoms with E-state index in [4.69, 9.17) is 25.8 Å². The SMILES string of the molecule is C=CCOC(=O)C1=C(C)N=c2s/c(=C\c3c(F)cccc3Cl)c(=O)n2C1c1ccc(OCCCCC)c(OC)c1. The molecule has 2 heterocycles. The third-order valence-electron chi connectivity index (χ3n) is 6.36. The highest BCUT2D eigenvalue weighted by molar-refractivity contribution is 7.07. The van der Waals surface area contributed by atoms with Crippen molar-refractivity contribution in [2.24, 2.45) is 4.99 Å². The topological polar surface area (TPSA) is 79.1 Å². The first-order valence-corrected chi connectivity index (χ1v) is 14.0. The number of halogens is 2. The molecule has 0 spiro atoms. The van der Waals surface area contributed by atoms with Gasteiger partial charge < -0.3 is 14.2 Å². The molecule has 1 unspecified atom stereocenters. The van der Waals surface area contributed by atoms with E-state index in [1.54, 1.807) is 31.2 Å². The van der Waals surface area contributed by atoms with Crippen molar-refractivity contribution in [3.63, 3.8) is 0 Å². The normalized spacial score (nSPS) is 14.9. The summed E-state index contributed by atoms with van der Waals surface area (Å²) in [4.78, 5) is 32.0. The number of rotatable bonds is 11. The largest absolute Gasteiger partial charge is 0.493 e. The number of unbranched alkanes of at least 4 members (excludes halogenated alkanes) is 2. The first-order valence-electron chi connectivity index (χ1n) is 12.9. The maximum Gasteiger partial charge on any atom is 0.338 e. The second-order valence-electron chi connectivity index (χ2n) is 9.07. The number of hydrogen-bond acceptors (Lipinski definition) is 7. The van der Waals surface area contributed by atoms with E-state index in [2.05, 4.69) is 18.5 Å². The Kier molecular flexibility index (Phi) is 9.60. The lowest BCUT2D eigenvalue weighted by Crippen LogP contribution is -2.40. The Morgan fingerprint density at radius 2 is 2.05 bits per heavy atom. The Bertz CT molecular complexity index is 1620. The predicted molar refractivity (Wildman–Crippen MR) is 154 cm³/mol. The molecule has 210 valence electrons. The van der Waals surface area contributed by atoms with Gasteiger partial charge in [0.1, 0.15) is 12.4 Å². The van der Waals surface area contributed by atoms with E-state index < -0.39 is 23.4 Å². The lowest BCUT2D eigenvalue weighted by molar-refractivity contribution is -0.138. The number of benzene rings is 2. The van der Waals surface area contributed by atoms with E-state index in [1.165, 1.54) is 36.0 Å². The average molecular weight is 585 g/mol. The fraction of sp³-hybridized carbons (Fsp3) is 0.300. The van der Waals surface area contributed by atoms with Gasteiger partial charge >= 0.3 is 5.97 Å². The molecular weight excluding hydrogens is 555 g/mol. The third kappa shape index (κ3) is 6.05. The van der Waals surface area contributed by atoms with Gasteiger partial charge in [-0.1, -0.05) is 67.5 Å². The molecule has 0 aliphatic carbocycles. The van der Waals surface area contributed by atoms with Crippen LogP contribution < -0.4 is 24.4 Å². The number of fused-ring (bicyclic) bond motifs is 1. The number of nitrogens with zero attached hydrogens (tertiary/aromatic N) is 2. The van der Waals surface area contributed by atoms with Crippen molar-refractivity contribution in [3.8, 4) is 11.5 Å². The third-order valence-corrected chi connectivity index (χ3v) is 7.67. The molecule has 2 aromatic carbocycles. The molecule has 10 heteroatoms. The van der Waals surface area contributed by atoms with E-state index in [0.717, 1.165) is 30.6 Å². The molecule has 1 aliphatic heterocycles. The highest BCUT2D eigenvalue weighted by Crippen LogP contribution is 2.36. The summed E-state index contributed by atoms with van der Waals surface area (Å²) < 4.78 is 33.1. The Labute approximate surface area is 240 Å². The Morgan fingerprint density at radius 3 is 2.75 bits per heavy atom. The highest BCUT2D eigenvalue weighted by atomic mass is 35.5. The molecule has 1 aliphatic rings. The minimum Gasteiger partial charge on any atom is -0.493 e. The maximum absolute atomic E-state index is 14.5. The van der Waals surface area contributed by atoms with Crippen LogP contribution in [0.15, 0.2) is 70.1 Å². The van der Waals surface area contributed by atoms with Gasteiger partial charge in [-0.3, -0.25) is 9.36 Å². The molecule has 0 saturated heterocycles. The second kappa shape index (κ2) is 13.1. The van der Waals surface area contributed by atoms with E-state index in [0.29, 0.717) is 34.2 Å². The number of thiazole rings is 1. The Morgan fingerprint density at radius 1 is 1.25 bits per heavy atom. The van der Waals surface area contributed by atoms with Crippen molar-refractivity contribution in [1.29, 1.82) is 0 Å². The minimum absolute atomic E-state index is 0.00754. The standard InChI is InChI=1S/C30H30ClFN2O5S/c1-5-7-8-15-38-23-13-12-19(16-24(23)37-4)27-26(29(36)39-14-6-2)18(3)33-30-34(27)28(35)25(40-30)17-20-21(31)10-9-11-22(20)32/h6,9-13,16-17,27H,2,5,7-8,14-15H2,1,3-4H3/b25-17-. The summed E-state index contributed by atoms with van der Waals surface area (Å²) >= 11 is 7.30. The molecule has 1 atom stereocenters. The number of ether oxygens (including phenoxy) is 3. The van der Waals surface area contributed by atoms with Crippen molar-refractivity contribution in [2.45, 2.75) is 39.2 Å². The number of allylic oxidation sites excluding steroid dienone is 1. The summed E-state index contributed by atoms with van der Waals surface area (Å²) in [5.74, 6) is -0.168. The van der Waals surface area contributed by atoms with Crippen LogP contribution in [0.25, 0.3) is 6.08 Å². The molecule has 0 fully saturated rings. The van der Waals surface area contributed by atoms with Gasteiger partial charge in [0.25, 0.3) is 5.56 Å². The zero-order valence-corrected chi connectivity index (χ0v) is 24.1. The molecule has 0 radical (unpaired) electrons. The molecule has 40 heavy (non-hydrogen) atoms. The quantitative estimate of drug-likeness (QED) is 0.173. The van der Waals surface area contributed by atoms with Crippen molar-refractivity contribution in [3.05, 3.63) is 102 Å². The summed E-state index contributed by atoms with van der Waals surface area (Å²) in [7, 11) is 1.53. The first-order chi connectivity index (χ1) is 19.3. The van der Waals surface area contributed by atoms with Crippen LogP contribution in [0, 0.1) is 5.82 Å². The number of hydrogen-bond donors (Lipinski definition) is 0. The van der Waals surface area contributed by atoms with Crippen LogP contribution in [0.3, 0.4) is 0 Å². The van der Waals surface area contributed by atoms with Gasteiger partial charge in [-0.15, -0.1) is 0 Å². The molecule has 3 aromatic rings. The highest BCUT2D eigenvalue weighted by Gasteiger charge is 2.34. The summed E-state index contributed by atoms with van der Waals surface area (Å²) in [6, 6.07) is 8.72. The molecule has 0 bridgehead atoms. The summed E-state index contributed by atoms with van der Waals surface area (Å²) in [5, 5.41) is 0.173. The fourth-order valence-electron chi connectivity index (χ4n) is 4.40. The van der Waals surface area contributed by atoms with Gasteiger partial charge in [-0.05, 0) is 49.2 Å². The second-order valence-corrected chi connectivity index (χ2v) is 10.5. The summed E-state index contributed by atoms with van der Waals surface area (Å²) in [6.07, 6.45) is 5.90. The summed E-state index contributed by atoms with van der Waals surface area (Å²) in [5.41, 5.74) is 0.833. The minimum atomic E-state index is -0.880. The summed E-state index contributed by atoms with van der Waals surface area (Å²) in [6.45, 7) is 7.94. The van der Waals surface area contributed by atoms with E-state index in [-0.39, 0.29) is 27.3 Å². The number of carbonyl (C=O) groups is 1. The van der Waals surface area contributed by atoms with Crippen LogP contribution >= 0.6 is 22.9 Å². The molecular formula is C30H30ClFN2O5S. The molecule has 0 amide bonds. The number of methoxy groups -OCH3 is 1. The van der Waals surface area contributed by atoms with Crippen LogP contribution in [0.1, 0.15) is 50.3 Å². The molecule has 0 N–H and O–H groups in total. The van der Waals surface area contributed by atoms with E-state index >= 15 is 0 Å². The zero-order valence-electron chi connectivity index (χ0n) is 22.5. The Balaban J connectivity index is 1.88. The molecule has 4 rings (SSSR count). The van der Waals surface area contributed by atoms with Crippen LogP contribution in [0.4, 0.5) is 4.39 Å². The first kappa shape index (κ1) is 29.3. The van der Waals surface area contributed by atoms with Crippen molar-refractivity contribution < 1.29 is 23.4 Å². The van der Waals surface area contributed by atoms with Crippen LogP contribution in [0.5, 0.6) is 11.5 Å². The zero-order chi connectivity index (χ0) is 28.8. The average Bonchev–Trinajstić information content (AvgIpc) is 3.25. The van der Waals surface area contributed by atoms with Gasteiger partial charge in [-0.2, -0.15) is 0 Å². The fourth-order valence-corrected chi connectivity index (χ4v) is 5.64. The van der Waals surface area contributed by atoms with Crippen molar-refractivity contribution in [2.75, 3.05) is 20.3 Å². The predicted octanol–water partition coefficient (Wildman–Crippen LogP) is 5.33. The van der Waals surface area contributed by atoms with Gasteiger partial charge in [0, 0.05) is 5.56 Å². The van der Waals surface area contributed by atoms with Crippen molar-refractivity contribution in [1.82, 2.24) is 4.57 Å². The van der Waals surface area contributed by atoms with Gasteiger partial charge in [-0.25, -0.2) is 14.2 Å². The van der Waals surface area contributed by atoms with E-state index in [1.807, 2.05) is 0 Å². The maximum atomic E-state index is 14.5. The van der Waals surface area contributed by atoms with E-state index in [9.17, 15) is 14.0 Å². The number of carbonyl (C=O) groups excluding carboxylic acids is 1. The molecule has 1 aromatic heterocycles. The van der Waals surface area contributed by atoms with Gasteiger partial charge in [0.15, 0.2) is 16.3 Å². The lowest BCUT2D eigenvalue weighted by Gasteiger charge is -2.25. The lowest BCUT2D eigenvalue weighted by atomic mass is 9.95. The van der Waals surface area contributed by atoms with Crippen LogP contribution in [0.2, 0.25) is 5.02 Å². The smallest absolute Gasteiger partial charge is 0.338 e. The van der Waals surface area contributed by atoms with Crippen molar-refractivity contribution >= 4 is 35.0 Å². The van der Waals surface area contributed by atoms with Crippen LogP contribution in [-0.2, 0) is 9.53 Å². The Hall–Kier alpha value is -3.69. The van der Waals surface area contributed by atoms with Gasteiger partial charge in [0.2, 0.25) is 0 Å².